The van der Waals surface area contributed by atoms with Gasteiger partial charge in [0.15, 0.2) is 9.84 Å². The Labute approximate surface area is 117 Å². The smallest absolute Gasteiger partial charge is 0.321 e. The number of sulfone groups is 1. The van der Waals surface area contributed by atoms with E-state index in [0.29, 0.717) is 5.56 Å². The molecule has 2 N–H and O–H groups in total. The van der Waals surface area contributed by atoms with Gasteiger partial charge >= 0.3 is 5.97 Å². The Bertz CT molecular complexity index is 619. The summed E-state index contributed by atoms with van der Waals surface area (Å²) in [5.41, 5.74) is 0.530. The van der Waals surface area contributed by atoms with Gasteiger partial charge in [-0.1, -0.05) is 6.07 Å². The molecule has 0 amide bonds. The molecule has 1 aromatic carbocycles. The standard InChI is InChI=1S/C11H11BrFNO4S/c12-7-3-6(1-2-8(7)13)9-4-19(17,18)5-10(14-9)11(15)16/h1-3,9-10,14H,4-5H2,(H,15,16). The van der Waals surface area contributed by atoms with Crippen LogP contribution in [0.1, 0.15) is 11.6 Å². The van der Waals surface area contributed by atoms with Crippen molar-refractivity contribution in [2.24, 2.45) is 0 Å². The molecular formula is C11H11BrFNO4S. The van der Waals surface area contributed by atoms with Crippen molar-refractivity contribution >= 4 is 31.7 Å². The normalized spacial score (nSPS) is 26.0. The van der Waals surface area contributed by atoms with Crippen molar-refractivity contribution in [2.75, 3.05) is 11.5 Å². The maximum Gasteiger partial charge on any atom is 0.321 e. The van der Waals surface area contributed by atoms with Gasteiger partial charge in [-0.3, -0.25) is 10.1 Å². The lowest BCUT2D eigenvalue weighted by Crippen LogP contribution is -2.51. The zero-order valence-electron chi connectivity index (χ0n) is 9.64. The van der Waals surface area contributed by atoms with Crippen molar-refractivity contribution in [3.63, 3.8) is 0 Å². The lowest BCUT2D eigenvalue weighted by Gasteiger charge is -2.29. The van der Waals surface area contributed by atoms with E-state index >= 15 is 0 Å². The van der Waals surface area contributed by atoms with E-state index in [1.807, 2.05) is 0 Å². The van der Waals surface area contributed by atoms with Crippen LogP contribution in [0.3, 0.4) is 0 Å². The van der Waals surface area contributed by atoms with E-state index in [2.05, 4.69) is 21.2 Å². The predicted molar refractivity (Wildman–Crippen MR) is 70.1 cm³/mol. The fourth-order valence-corrected chi connectivity index (χ4v) is 4.05. The molecule has 5 nitrogen and oxygen atoms in total. The molecule has 0 bridgehead atoms. The van der Waals surface area contributed by atoms with Gasteiger partial charge in [-0.25, -0.2) is 12.8 Å². The van der Waals surface area contributed by atoms with Crippen LogP contribution in [0.2, 0.25) is 0 Å². The summed E-state index contributed by atoms with van der Waals surface area (Å²) in [4.78, 5) is 10.9. The van der Waals surface area contributed by atoms with Crippen molar-refractivity contribution < 1.29 is 22.7 Å². The summed E-state index contributed by atoms with van der Waals surface area (Å²) in [6.45, 7) is 0. The summed E-state index contributed by atoms with van der Waals surface area (Å²) < 4.78 is 36.8. The molecule has 8 heteroatoms. The highest BCUT2D eigenvalue weighted by molar-refractivity contribution is 9.10. The summed E-state index contributed by atoms with van der Waals surface area (Å²) in [6.07, 6.45) is 0. The number of halogens is 2. The molecule has 1 heterocycles. The molecule has 1 saturated heterocycles. The lowest BCUT2D eigenvalue weighted by molar-refractivity contribution is -0.139. The van der Waals surface area contributed by atoms with Gasteiger partial charge < -0.3 is 5.11 Å². The van der Waals surface area contributed by atoms with Crippen molar-refractivity contribution in [1.82, 2.24) is 5.32 Å². The number of carboxylic acids is 1. The first kappa shape index (κ1) is 14.4. The predicted octanol–water partition coefficient (Wildman–Crippen LogP) is 1.10. The van der Waals surface area contributed by atoms with Gasteiger partial charge in [0.05, 0.1) is 16.0 Å². The number of nitrogens with one attached hydrogen (secondary N) is 1. The highest BCUT2D eigenvalue weighted by atomic mass is 79.9. The van der Waals surface area contributed by atoms with Gasteiger partial charge in [0.2, 0.25) is 0 Å². The van der Waals surface area contributed by atoms with E-state index in [4.69, 9.17) is 5.11 Å². The molecule has 1 aliphatic heterocycles. The van der Waals surface area contributed by atoms with Crippen LogP contribution in [-0.2, 0) is 14.6 Å². The second-order valence-corrected chi connectivity index (χ2v) is 7.37. The Kier molecular flexibility index (Phi) is 3.93. The van der Waals surface area contributed by atoms with Gasteiger partial charge in [-0.2, -0.15) is 0 Å². The fourth-order valence-electron chi connectivity index (χ4n) is 1.98. The number of benzene rings is 1. The maximum absolute atomic E-state index is 13.1. The molecule has 1 aromatic rings. The minimum atomic E-state index is -3.45. The van der Waals surface area contributed by atoms with Crippen LogP contribution < -0.4 is 5.32 Å². The van der Waals surface area contributed by atoms with Crippen LogP contribution in [0.4, 0.5) is 4.39 Å². The highest BCUT2D eigenvalue weighted by Gasteiger charge is 2.35. The number of aliphatic carboxylic acids is 1. The number of rotatable bonds is 2. The molecule has 2 unspecified atom stereocenters. The number of carbonyl (C=O) groups is 1. The monoisotopic (exact) mass is 351 g/mol. The van der Waals surface area contributed by atoms with Crippen molar-refractivity contribution in [2.45, 2.75) is 12.1 Å². The third-order valence-corrected chi connectivity index (χ3v) is 5.18. The molecule has 104 valence electrons. The summed E-state index contributed by atoms with van der Waals surface area (Å²) in [5.74, 6) is -2.30. The maximum atomic E-state index is 13.1. The number of hydrogen-bond acceptors (Lipinski definition) is 4. The minimum Gasteiger partial charge on any atom is -0.480 e. The van der Waals surface area contributed by atoms with Gasteiger partial charge in [0.25, 0.3) is 0 Å². The first-order valence-corrected chi connectivity index (χ1v) is 8.04. The largest absolute Gasteiger partial charge is 0.480 e. The van der Waals surface area contributed by atoms with E-state index in [1.54, 1.807) is 0 Å². The quantitative estimate of drug-likeness (QED) is 0.833. The molecule has 0 spiro atoms. The molecular weight excluding hydrogens is 341 g/mol. The van der Waals surface area contributed by atoms with Crippen molar-refractivity contribution in [3.05, 3.63) is 34.1 Å². The topological polar surface area (TPSA) is 83.5 Å². The van der Waals surface area contributed by atoms with Crippen LogP contribution in [0, 0.1) is 5.82 Å². The van der Waals surface area contributed by atoms with Gasteiger partial charge in [-0.05, 0) is 33.6 Å². The molecule has 0 saturated carbocycles. The van der Waals surface area contributed by atoms with E-state index in [9.17, 15) is 17.6 Å². The third kappa shape index (κ3) is 3.31. The van der Waals surface area contributed by atoms with Crippen LogP contribution >= 0.6 is 15.9 Å². The fraction of sp³-hybridized carbons (Fsp3) is 0.364. The SMILES string of the molecule is O=C(O)C1CS(=O)(=O)CC(c2ccc(F)c(Br)c2)N1. The highest BCUT2D eigenvalue weighted by Crippen LogP contribution is 2.25. The zero-order chi connectivity index (χ0) is 14.2. The van der Waals surface area contributed by atoms with Crippen LogP contribution in [0.15, 0.2) is 22.7 Å². The molecule has 2 atom stereocenters. The zero-order valence-corrected chi connectivity index (χ0v) is 12.0. The van der Waals surface area contributed by atoms with E-state index in [-0.39, 0.29) is 10.2 Å². The second kappa shape index (κ2) is 5.18. The molecule has 0 aromatic heterocycles. The summed E-state index contributed by atoms with van der Waals surface area (Å²) >= 11 is 3.02. The van der Waals surface area contributed by atoms with Crippen LogP contribution in [0.25, 0.3) is 0 Å². The van der Waals surface area contributed by atoms with Crippen molar-refractivity contribution in [1.29, 1.82) is 0 Å². The molecule has 0 radical (unpaired) electrons. The average Bonchev–Trinajstić information content (AvgIpc) is 2.30. The van der Waals surface area contributed by atoms with Gasteiger partial charge in [0, 0.05) is 6.04 Å². The first-order chi connectivity index (χ1) is 8.78. The minimum absolute atomic E-state index is 0.200. The number of carboxylic acid groups (broad SMARTS) is 1. The Balaban J connectivity index is 2.33. The Morgan fingerprint density at radius 1 is 1.42 bits per heavy atom. The van der Waals surface area contributed by atoms with E-state index in [1.165, 1.54) is 18.2 Å². The molecule has 1 aliphatic rings. The Morgan fingerprint density at radius 2 is 2.11 bits per heavy atom. The number of hydrogen-bond donors (Lipinski definition) is 2. The average molecular weight is 352 g/mol. The van der Waals surface area contributed by atoms with Crippen molar-refractivity contribution in [3.8, 4) is 0 Å². The van der Waals surface area contributed by atoms with Gasteiger partial charge in [0.1, 0.15) is 11.9 Å². The van der Waals surface area contributed by atoms with Crippen LogP contribution in [0.5, 0.6) is 0 Å². The molecule has 1 fully saturated rings. The first-order valence-electron chi connectivity index (χ1n) is 5.43. The Hall–Kier alpha value is -0.990. The van der Waals surface area contributed by atoms with E-state index in [0.717, 1.165) is 0 Å². The third-order valence-electron chi connectivity index (χ3n) is 2.89. The summed E-state index contributed by atoms with van der Waals surface area (Å²) in [6, 6.07) is 2.30. The second-order valence-electron chi connectivity index (χ2n) is 4.36. The molecule has 0 aliphatic carbocycles. The van der Waals surface area contributed by atoms with E-state index < -0.39 is 39.5 Å². The molecule has 2 rings (SSSR count). The van der Waals surface area contributed by atoms with Gasteiger partial charge in [-0.15, -0.1) is 0 Å². The molecule has 19 heavy (non-hydrogen) atoms. The lowest BCUT2D eigenvalue weighted by atomic mass is 10.1. The summed E-state index contributed by atoms with van der Waals surface area (Å²) in [5, 5.41) is 11.7. The summed E-state index contributed by atoms with van der Waals surface area (Å²) in [7, 11) is -3.45. The van der Waals surface area contributed by atoms with Crippen LogP contribution in [-0.4, -0.2) is 37.0 Å². The Morgan fingerprint density at radius 3 is 2.68 bits per heavy atom.